The van der Waals surface area contributed by atoms with Gasteiger partial charge in [-0.1, -0.05) is 12.8 Å². The van der Waals surface area contributed by atoms with Gasteiger partial charge in [0, 0.05) is 12.0 Å². The van der Waals surface area contributed by atoms with Crippen LogP contribution in [0.25, 0.3) is 11.3 Å². The van der Waals surface area contributed by atoms with E-state index in [-0.39, 0.29) is 0 Å². The van der Waals surface area contributed by atoms with Crippen LogP contribution < -0.4 is 4.74 Å². The van der Waals surface area contributed by atoms with Crippen LogP contribution in [0.5, 0.6) is 5.75 Å². The van der Waals surface area contributed by atoms with E-state index in [4.69, 9.17) is 4.74 Å². The first-order valence-electron chi connectivity index (χ1n) is 5.80. The zero-order valence-electron chi connectivity index (χ0n) is 10.5. The van der Waals surface area contributed by atoms with Crippen LogP contribution in [0.4, 0.5) is 0 Å². The van der Waals surface area contributed by atoms with Crippen molar-refractivity contribution in [2.75, 3.05) is 7.11 Å². The van der Waals surface area contributed by atoms with Crippen molar-refractivity contribution in [3.05, 3.63) is 42.1 Å². The minimum absolute atomic E-state index is 0.703. The Kier molecular flexibility index (Phi) is 3.93. The molecule has 18 heavy (non-hydrogen) atoms. The Morgan fingerprint density at radius 3 is 2.39 bits per heavy atom. The normalized spacial score (nSPS) is 9.44. The second kappa shape index (κ2) is 5.83. The van der Waals surface area contributed by atoms with Crippen molar-refractivity contribution in [1.82, 2.24) is 10.2 Å². The summed E-state index contributed by atoms with van der Waals surface area (Å²) in [5.41, 5.74) is 2.55. The molecule has 0 aliphatic rings. The van der Waals surface area contributed by atoms with Crippen LogP contribution in [-0.4, -0.2) is 17.3 Å². The molecule has 0 aliphatic heterocycles. The molecule has 0 atom stereocenters. The van der Waals surface area contributed by atoms with Gasteiger partial charge in [0.05, 0.1) is 12.8 Å². The standard InChI is InChI=1S/C15H14N2O/c1-3-4-5-13-8-11-15(17-16-13)12-6-9-14(18-2)10-7-12/h6-11H,3H2,1-2H3. The molecule has 0 radical (unpaired) electrons. The molecule has 3 nitrogen and oxygen atoms in total. The first-order chi connectivity index (χ1) is 8.83. The van der Waals surface area contributed by atoms with Crippen molar-refractivity contribution in [3.63, 3.8) is 0 Å². The van der Waals surface area contributed by atoms with Gasteiger partial charge in [-0.15, -0.1) is 10.2 Å². The third kappa shape index (κ3) is 2.86. The maximum atomic E-state index is 5.11. The number of methoxy groups -OCH3 is 1. The number of aromatic nitrogens is 2. The van der Waals surface area contributed by atoms with Gasteiger partial charge in [0.25, 0.3) is 0 Å². The highest BCUT2D eigenvalue weighted by Gasteiger charge is 2.00. The van der Waals surface area contributed by atoms with E-state index in [1.807, 2.05) is 43.3 Å². The van der Waals surface area contributed by atoms with Crippen LogP contribution in [0.1, 0.15) is 19.0 Å². The van der Waals surface area contributed by atoms with E-state index in [2.05, 4.69) is 22.0 Å². The average molecular weight is 238 g/mol. The van der Waals surface area contributed by atoms with Crippen LogP contribution in [0.15, 0.2) is 36.4 Å². The first-order valence-corrected chi connectivity index (χ1v) is 5.80. The molecule has 90 valence electrons. The lowest BCUT2D eigenvalue weighted by molar-refractivity contribution is 0.415. The fraction of sp³-hybridized carbons (Fsp3) is 0.200. The van der Waals surface area contributed by atoms with Crippen LogP contribution >= 0.6 is 0 Å². The van der Waals surface area contributed by atoms with Crippen LogP contribution in [-0.2, 0) is 0 Å². The zero-order chi connectivity index (χ0) is 12.8. The lowest BCUT2D eigenvalue weighted by atomic mass is 10.1. The summed E-state index contributed by atoms with van der Waals surface area (Å²) in [6.07, 6.45) is 0.821. The van der Waals surface area contributed by atoms with E-state index in [1.54, 1.807) is 7.11 Å². The highest BCUT2D eigenvalue weighted by Crippen LogP contribution is 2.19. The average Bonchev–Trinajstić information content (AvgIpc) is 2.46. The van der Waals surface area contributed by atoms with Crippen molar-refractivity contribution in [2.24, 2.45) is 0 Å². The van der Waals surface area contributed by atoms with Gasteiger partial charge < -0.3 is 4.74 Å². The second-order valence-corrected chi connectivity index (χ2v) is 3.69. The van der Waals surface area contributed by atoms with Gasteiger partial charge in [0.15, 0.2) is 0 Å². The molecule has 3 heteroatoms. The van der Waals surface area contributed by atoms with Gasteiger partial charge in [-0.3, -0.25) is 0 Å². The van der Waals surface area contributed by atoms with Crippen molar-refractivity contribution < 1.29 is 4.74 Å². The van der Waals surface area contributed by atoms with E-state index in [9.17, 15) is 0 Å². The fourth-order valence-corrected chi connectivity index (χ4v) is 1.49. The Morgan fingerprint density at radius 1 is 1.06 bits per heavy atom. The third-order valence-corrected chi connectivity index (χ3v) is 2.44. The summed E-state index contributed by atoms with van der Waals surface area (Å²) in [5, 5.41) is 8.24. The third-order valence-electron chi connectivity index (χ3n) is 2.44. The molecule has 0 aliphatic carbocycles. The van der Waals surface area contributed by atoms with Gasteiger partial charge in [0.2, 0.25) is 0 Å². The van der Waals surface area contributed by atoms with Gasteiger partial charge in [-0.25, -0.2) is 0 Å². The lowest BCUT2D eigenvalue weighted by Crippen LogP contribution is -1.90. The predicted molar refractivity (Wildman–Crippen MR) is 71.2 cm³/mol. The van der Waals surface area contributed by atoms with E-state index >= 15 is 0 Å². The molecule has 0 saturated heterocycles. The second-order valence-electron chi connectivity index (χ2n) is 3.69. The molecule has 0 N–H and O–H groups in total. The molecule has 0 amide bonds. The monoisotopic (exact) mass is 238 g/mol. The van der Waals surface area contributed by atoms with Crippen LogP contribution in [0.3, 0.4) is 0 Å². The molecule has 0 saturated carbocycles. The van der Waals surface area contributed by atoms with Gasteiger partial charge in [-0.2, -0.15) is 0 Å². The number of ether oxygens (including phenoxy) is 1. The summed E-state index contributed by atoms with van der Waals surface area (Å²) in [5.74, 6) is 6.75. The van der Waals surface area contributed by atoms with Gasteiger partial charge >= 0.3 is 0 Å². The largest absolute Gasteiger partial charge is 0.497 e. The van der Waals surface area contributed by atoms with Crippen molar-refractivity contribution in [1.29, 1.82) is 0 Å². The van der Waals surface area contributed by atoms with Gasteiger partial charge in [0.1, 0.15) is 11.4 Å². The van der Waals surface area contributed by atoms with E-state index in [1.165, 1.54) is 0 Å². The Balaban J connectivity index is 2.22. The van der Waals surface area contributed by atoms with Crippen molar-refractivity contribution in [3.8, 4) is 28.8 Å². The zero-order valence-corrected chi connectivity index (χ0v) is 10.5. The van der Waals surface area contributed by atoms with Crippen LogP contribution in [0, 0.1) is 11.8 Å². The minimum Gasteiger partial charge on any atom is -0.497 e. The Labute approximate surface area is 107 Å². The summed E-state index contributed by atoms with van der Waals surface area (Å²) in [7, 11) is 1.65. The topological polar surface area (TPSA) is 35.0 Å². The summed E-state index contributed by atoms with van der Waals surface area (Å²) in [6, 6.07) is 11.5. The Morgan fingerprint density at radius 2 is 1.83 bits per heavy atom. The quantitative estimate of drug-likeness (QED) is 0.754. The molecule has 0 fully saturated rings. The number of nitrogens with zero attached hydrogens (tertiary/aromatic N) is 2. The minimum atomic E-state index is 0.703. The first kappa shape index (κ1) is 12.1. The summed E-state index contributed by atoms with van der Waals surface area (Å²) >= 11 is 0. The highest BCUT2D eigenvalue weighted by atomic mass is 16.5. The molecule has 2 rings (SSSR count). The highest BCUT2D eigenvalue weighted by molar-refractivity contribution is 5.59. The molecule has 2 aromatic rings. The van der Waals surface area contributed by atoms with E-state index in [0.717, 1.165) is 23.4 Å². The maximum Gasteiger partial charge on any atom is 0.135 e. The molecule has 0 spiro atoms. The lowest BCUT2D eigenvalue weighted by Gasteiger charge is -2.02. The molecular weight excluding hydrogens is 224 g/mol. The maximum absolute atomic E-state index is 5.11. The Bertz CT molecular complexity index is 562. The van der Waals surface area contributed by atoms with E-state index < -0.39 is 0 Å². The number of hydrogen-bond acceptors (Lipinski definition) is 3. The molecular formula is C15H14N2O. The van der Waals surface area contributed by atoms with Crippen LogP contribution in [0.2, 0.25) is 0 Å². The van der Waals surface area contributed by atoms with Crippen molar-refractivity contribution >= 4 is 0 Å². The van der Waals surface area contributed by atoms with Gasteiger partial charge in [-0.05, 0) is 42.3 Å². The van der Waals surface area contributed by atoms with Crippen molar-refractivity contribution in [2.45, 2.75) is 13.3 Å². The number of hydrogen-bond donors (Lipinski definition) is 0. The SMILES string of the molecule is CCC#Cc1ccc(-c2ccc(OC)cc2)nn1. The predicted octanol–water partition coefficient (Wildman–Crippen LogP) is 2.91. The Hall–Kier alpha value is -2.34. The molecule has 0 unspecified atom stereocenters. The molecule has 1 aromatic heterocycles. The number of rotatable bonds is 2. The van der Waals surface area contributed by atoms with E-state index in [0.29, 0.717) is 5.69 Å². The molecule has 0 bridgehead atoms. The summed E-state index contributed by atoms with van der Waals surface area (Å²) in [4.78, 5) is 0. The fourth-order valence-electron chi connectivity index (χ4n) is 1.49. The summed E-state index contributed by atoms with van der Waals surface area (Å²) < 4.78 is 5.11. The molecule has 1 heterocycles. The number of benzene rings is 1. The molecule has 1 aromatic carbocycles. The summed E-state index contributed by atoms with van der Waals surface area (Å²) in [6.45, 7) is 2.01. The smallest absolute Gasteiger partial charge is 0.135 e.